The van der Waals surface area contributed by atoms with Gasteiger partial charge < -0.3 is 14.4 Å². The summed E-state index contributed by atoms with van der Waals surface area (Å²) in [4.78, 5) is 18.1. The van der Waals surface area contributed by atoms with E-state index >= 15 is 0 Å². The van der Waals surface area contributed by atoms with Crippen LogP contribution in [0.15, 0.2) is 18.3 Å². The van der Waals surface area contributed by atoms with E-state index in [0.717, 1.165) is 30.8 Å². The maximum Gasteiger partial charge on any atom is 0.410 e. The second-order valence-corrected chi connectivity index (χ2v) is 6.88. The average molecular weight is 306 g/mol. The molecule has 0 saturated carbocycles. The molecule has 1 fully saturated rings. The van der Waals surface area contributed by atoms with Crippen LogP contribution in [0.3, 0.4) is 0 Å². The predicted molar refractivity (Wildman–Crippen MR) is 85.0 cm³/mol. The van der Waals surface area contributed by atoms with Gasteiger partial charge in [0.05, 0.1) is 12.8 Å². The lowest BCUT2D eigenvalue weighted by molar-refractivity contribution is 0.0139. The van der Waals surface area contributed by atoms with Crippen LogP contribution in [0.4, 0.5) is 4.79 Å². The highest BCUT2D eigenvalue weighted by atomic mass is 16.6. The molecule has 5 heteroatoms. The van der Waals surface area contributed by atoms with Gasteiger partial charge in [0.25, 0.3) is 0 Å². The summed E-state index contributed by atoms with van der Waals surface area (Å²) in [5.41, 5.74) is 0.523. The fourth-order valence-corrected chi connectivity index (χ4v) is 2.45. The molecule has 1 amide bonds. The largest absolute Gasteiger partial charge is 0.492 e. The summed E-state index contributed by atoms with van der Waals surface area (Å²) in [6.45, 7) is 9.67. The van der Waals surface area contributed by atoms with Gasteiger partial charge in [-0.25, -0.2) is 4.79 Å². The number of aryl methyl sites for hydroxylation is 1. The first-order chi connectivity index (χ1) is 10.3. The number of amides is 1. The number of rotatable bonds is 3. The molecule has 1 aliphatic heterocycles. The van der Waals surface area contributed by atoms with Crippen molar-refractivity contribution in [2.24, 2.45) is 5.92 Å². The zero-order valence-electron chi connectivity index (χ0n) is 14.0. The van der Waals surface area contributed by atoms with E-state index in [4.69, 9.17) is 9.47 Å². The molecule has 0 spiro atoms. The molecule has 0 bridgehead atoms. The van der Waals surface area contributed by atoms with Crippen LogP contribution in [0, 0.1) is 12.8 Å². The molecule has 1 saturated heterocycles. The number of pyridine rings is 1. The van der Waals surface area contributed by atoms with E-state index in [1.165, 1.54) is 0 Å². The number of piperidine rings is 1. The standard InChI is InChI=1S/C17H26N2O3/c1-13-7-8-15(10-18-13)21-12-14-6-5-9-19(11-14)16(20)22-17(2,3)4/h7-8,10,14H,5-6,9,11-12H2,1-4H3. The first-order valence-corrected chi connectivity index (χ1v) is 7.87. The minimum absolute atomic E-state index is 0.228. The summed E-state index contributed by atoms with van der Waals surface area (Å²) in [7, 11) is 0. The van der Waals surface area contributed by atoms with Crippen LogP contribution in [-0.2, 0) is 4.74 Å². The van der Waals surface area contributed by atoms with E-state index in [1.54, 1.807) is 11.1 Å². The minimum atomic E-state index is -0.450. The third-order valence-corrected chi connectivity index (χ3v) is 3.54. The number of ether oxygens (including phenoxy) is 2. The third-order valence-electron chi connectivity index (χ3n) is 3.54. The summed E-state index contributed by atoms with van der Waals surface area (Å²) in [6, 6.07) is 3.86. The number of likely N-dealkylation sites (tertiary alicyclic amines) is 1. The Bertz CT molecular complexity index is 494. The van der Waals surface area contributed by atoms with Crippen LogP contribution in [0.25, 0.3) is 0 Å². The predicted octanol–water partition coefficient (Wildman–Crippen LogP) is 3.42. The molecule has 2 heterocycles. The molecule has 1 aromatic heterocycles. The van der Waals surface area contributed by atoms with Gasteiger partial charge in [0.15, 0.2) is 0 Å². The molecular weight excluding hydrogens is 280 g/mol. The fraction of sp³-hybridized carbons (Fsp3) is 0.647. The average Bonchev–Trinajstić information content (AvgIpc) is 2.45. The van der Waals surface area contributed by atoms with Gasteiger partial charge >= 0.3 is 6.09 Å². The van der Waals surface area contributed by atoms with E-state index < -0.39 is 5.60 Å². The highest BCUT2D eigenvalue weighted by molar-refractivity contribution is 5.68. The van der Waals surface area contributed by atoms with Gasteiger partial charge in [-0.1, -0.05) is 0 Å². The Hall–Kier alpha value is -1.78. The Morgan fingerprint density at radius 3 is 2.82 bits per heavy atom. The van der Waals surface area contributed by atoms with Crippen LogP contribution < -0.4 is 4.74 Å². The molecule has 0 N–H and O–H groups in total. The second kappa shape index (κ2) is 6.99. The Balaban J connectivity index is 1.82. The van der Waals surface area contributed by atoms with Gasteiger partial charge in [0.1, 0.15) is 11.4 Å². The van der Waals surface area contributed by atoms with Gasteiger partial charge in [-0.2, -0.15) is 0 Å². The number of carbonyl (C=O) groups excluding carboxylic acids is 1. The zero-order chi connectivity index (χ0) is 16.2. The van der Waals surface area contributed by atoms with Gasteiger partial charge in [0.2, 0.25) is 0 Å². The molecule has 0 aliphatic carbocycles. The van der Waals surface area contributed by atoms with Crippen LogP contribution in [-0.4, -0.2) is 41.3 Å². The van der Waals surface area contributed by atoms with Crippen molar-refractivity contribution in [2.45, 2.75) is 46.1 Å². The Morgan fingerprint density at radius 1 is 1.41 bits per heavy atom. The summed E-state index contributed by atoms with van der Waals surface area (Å²) in [6.07, 6.45) is 3.57. The lowest BCUT2D eigenvalue weighted by Crippen LogP contribution is -2.44. The number of carbonyl (C=O) groups is 1. The van der Waals surface area contributed by atoms with Crippen molar-refractivity contribution in [3.63, 3.8) is 0 Å². The van der Waals surface area contributed by atoms with Crippen molar-refractivity contribution >= 4 is 6.09 Å². The monoisotopic (exact) mass is 306 g/mol. The van der Waals surface area contributed by atoms with Crippen molar-refractivity contribution in [3.05, 3.63) is 24.0 Å². The minimum Gasteiger partial charge on any atom is -0.492 e. The van der Waals surface area contributed by atoms with Crippen molar-refractivity contribution < 1.29 is 14.3 Å². The SMILES string of the molecule is Cc1ccc(OCC2CCCN(C(=O)OC(C)(C)C)C2)cn1. The highest BCUT2D eigenvalue weighted by Crippen LogP contribution is 2.20. The van der Waals surface area contributed by atoms with E-state index in [0.29, 0.717) is 19.1 Å². The van der Waals surface area contributed by atoms with Gasteiger partial charge in [-0.3, -0.25) is 4.98 Å². The van der Waals surface area contributed by atoms with E-state index in [2.05, 4.69) is 4.98 Å². The number of hydrogen-bond acceptors (Lipinski definition) is 4. The van der Waals surface area contributed by atoms with Crippen LogP contribution in [0.1, 0.15) is 39.3 Å². The fourth-order valence-electron chi connectivity index (χ4n) is 2.45. The smallest absolute Gasteiger partial charge is 0.410 e. The maximum atomic E-state index is 12.1. The van der Waals surface area contributed by atoms with Crippen molar-refractivity contribution in [3.8, 4) is 5.75 Å². The van der Waals surface area contributed by atoms with Crippen LogP contribution >= 0.6 is 0 Å². The van der Waals surface area contributed by atoms with Crippen molar-refractivity contribution in [1.29, 1.82) is 0 Å². The summed E-state index contributed by atoms with van der Waals surface area (Å²) < 4.78 is 11.2. The molecule has 22 heavy (non-hydrogen) atoms. The zero-order valence-corrected chi connectivity index (χ0v) is 14.0. The summed E-state index contributed by atoms with van der Waals surface area (Å²) >= 11 is 0. The first kappa shape index (κ1) is 16.6. The van der Waals surface area contributed by atoms with Crippen molar-refractivity contribution in [2.75, 3.05) is 19.7 Å². The second-order valence-electron chi connectivity index (χ2n) is 6.88. The first-order valence-electron chi connectivity index (χ1n) is 7.87. The topological polar surface area (TPSA) is 51.7 Å². The molecule has 1 unspecified atom stereocenters. The lowest BCUT2D eigenvalue weighted by atomic mass is 9.99. The summed E-state index contributed by atoms with van der Waals surface area (Å²) in [5, 5.41) is 0. The van der Waals surface area contributed by atoms with Gasteiger partial charge in [-0.05, 0) is 52.7 Å². The molecule has 0 aromatic carbocycles. The highest BCUT2D eigenvalue weighted by Gasteiger charge is 2.27. The van der Waals surface area contributed by atoms with E-state index in [-0.39, 0.29) is 6.09 Å². The molecule has 1 aromatic rings. The molecular formula is C17H26N2O3. The molecule has 2 rings (SSSR count). The van der Waals surface area contributed by atoms with Crippen molar-refractivity contribution in [1.82, 2.24) is 9.88 Å². The normalized spacial score (nSPS) is 18.9. The molecule has 1 atom stereocenters. The molecule has 0 radical (unpaired) electrons. The lowest BCUT2D eigenvalue weighted by Gasteiger charge is -2.34. The molecule has 1 aliphatic rings. The number of aromatic nitrogens is 1. The number of nitrogens with zero attached hydrogens (tertiary/aromatic N) is 2. The van der Waals surface area contributed by atoms with Gasteiger partial charge in [0, 0.05) is 24.7 Å². The Labute approximate surface area is 132 Å². The Morgan fingerprint density at radius 2 is 2.18 bits per heavy atom. The third kappa shape index (κ3) is 5.20. The van der Waals surface area contributed by atoms with Crippen LogP contribution in [0.5, 0.6) is 5.75 Å². The molecule has 5 nitrogen and oxygen atoms in total. The maximum absolute atomic E-state index is 12.1. The summed E-state index contributed by atoms with van der Waals surface area (Å²) in [5.74, 6) is 1.11. The van der Waals surface area contributed by atoms with Crippen LogP contribution in [0.2, 0.25) is 0 Å². The quantitative estimate of drug-likeness (QED) is 0.858. The van der Waals surface area contributed by atoms with Gasteiger partial charge in [-0.15, -0.1) is 0 Å². The number of hydrogen-bond donors (Lipinski definition) is 0. The molecule has 122 valence electrons. The Kier molecular flexibility index (Phi) is 5.27. The van der Waals surface area contributed by atoms with E-state index in [9.17, 15) is 4.79 Å². The van der Waals surface area contributed by atoms with E-state index in [1.807, 2.05) is 39.8 Å².